The third-order valence-electron chi connectivity index (χ3n) is 4.86. The molecule has 1 fully saturated rings. The highest BCUT2D eigenvalue weighted by Gasteiger charge is 2.23. The molecule has 0 N–H and O–H groups in total. The minimum Gasteiger partial charge on any atom is -0.496 e. The van der Waals surface area contributed by atoms with Gasteiger partial charge in [0.25, 0.3) is 0 Å². The number of ether oxygens (including phenoxy) is 1. The summed E-state index contributed by atoms with van der Waals surface area (Å²) in [6.07, 6.45) is 6.41. The van der Waals surface area contributed by atoms with Gasteiger partial charge in [0.1, 0.15) is 5.75 Å². The number of methoxy groups -OCH3 is 1. The molecule has 4 nitrogen and oxygen atoms in total. The van der Waals surface area contributed by atoms with E-state index in [4.69, 9.17) is 4.74 Å². The zero-order valence-corrected chi connectivity index (χ0v) is 14.8. The first kappa shape index (κ1) is 17.8. The highest BCUT2D eigenvalue weighted by Crippen LogP contribution is 2.23. The molecule has 0 heterocycles. The highest BCUT2D eigenvalue weighted by atomic mass is 16.5. The van der Waals surface area contributed by atoms with Crippen molar-refractivity contribution in [3.8, 4) is 5.75 Å². The largest absolute Gasteiger partial charge is 0.496 e. The van der Waals surface area contributed by atoms with Crippen molar-refractivity contribution in [2.24, 2.45) is 0 Å². The van der Waals surface area contributed by atoms with E-state index in [2.05, 4.69) is 11.8 Å². The second-order valence-corrected chi connectivity index (χ2v) is 6.42. The van der Waals surface area contributed by atoms with Gasteiger partial charge in [-0.1, -0.05) is 44.4 Å². The van der Waals surface area contributed by atoms with Gasteiger partial charge in [-0.15, -0.1) is 0 Å². The number of benzene rings is 1. The van der Waals surface area contributed by atoms with E-state index in [1.807, 2.05) is 36.2 Å². The van der Waals surface area contributed by atoms with Crippen LogP contribution in [0.4, 0.5) is 0 Å². The molecule has 2 rings (SSSR count). The fourth-order valence-corrected chi connectivity index (χ4v) is 3.42. The van der Waals surface area contributed by atoms with E-state index in [1.54, 1.807) is 7.11 Å². The Bertz CT molecular complexity index is 498. The van der Waals surface area contributed by atoms with Gasteiger partial charge < -0.3 is 9.64 Å². The Morgan fingerprint density at radius 2 is 1.91 bits per heavy atom. The minimum absolute atomic E-state index is 0.184. The van der Waals surface area contributed by atoms with E-state index in [0.29, 0.717) is 19.1 Å². The Balaban J connectivity index is 1.93. The predicted molar refractivity (Wildman–Crippen MR) is 93.6 cm³/mol. The maximum Gasteiger partial charge on any atom is 0.236 e. The van der Waals surface area contributed by atoms with E-state index in [0.717, 1.165) is 17.9 Å². The smallest absolute Gasteiger partial charge is 0.236 e. The molecule has 1 amide bonds. The van der Waals surface area contributed by atoms with Crippen LogP contribution >= 0.6 is 0 Å². The van der Waals surface area contributed by atoms with Crippen LogP contribution < -0.4 is 4.74 Å². The summed E-state index contributed by atoms with van der Waals surface area (Å²) in [5.74, 6) is 1.02. The number of para-hydroxylation sites is 1. The molecular weight excluding hydrogens is 288 g/mol. The van der Waals surface area contributed by atoms with Gasteiger partial charge in [-0.3, -0.25) is 9.69 Å². The second-order valence-electron chi connectivity index (χ2n) is 6.42. The lowest BCUT2D eigenvalue weighted by atomic mass is 9.94. The second kappa shape index (κ2) is 8.92. The van der Waals surface area contributed by atoms with Crippen LogP contribution in [0.2, 0.25) is 0 Å². The van der Waals surface area contributed by atoms with Crippen molar-refractivity contribution in [1.29, 1.82) is 0 Å². The zero-order valence-electron chi connectivity index (χ0n) is 14.8. The number of carbonyl (C=O) groups is 1. The molecule has 128 valence electrons. The van der Waals surface area contributed by atoms with E-state index in [-0.39, 0.29) is 5.91 Å². The Kier molecular flexibility index (Phi) is 6.90. The molecule has 0 atom stereocenters. The van der Waals surface area contributed by atoms with Crippen LogP contribution in [0, 0.1) is 0 Å². The molecular formula is C19H30N2O2. The molecule has 0 aromatic heterocycles. The summed E-state index contributed by atoms with van der Waals surface area (Å²) in [5.41, 5.74) is 1.05. The molecule has 1 saturated carbocycles. The number of hydrogen-bond acceptors (Lipinski definition) is 3. The van der Waals surface area contributed by atoms with Crippen molar-refractivity contribution < 1.29 is 9.53 Å². The first-order valence-electron chi connectivity index (χ1n) is 8.75. The Hall–Kier alpha value is -1.55. The van der Waals surface area contributed by atoms with Crippen LogP contribution in [0.1, 0.15) is 44.6 Å². The van der Waals surface area contributed by atoms with Crippen LogP contribution in [0.3, 0.4) is 0 Å². The Morgan fingerprint density at radius 3 is 2.57 bits per heavy atom. The van der Waals surface area contributed by atoms with Crippen LogP contribution in [-0.4, -0.2) is 49.0 Å². The van der Waals surface area contributed by atoms with Crippen LogP contribution in [0.5, 0.6) is 5.75 Å². The lowest BCUT2D eigenvalue weighted by Gasteiger charge is -2.34. The van der Waals surface area contributed by atoms with E-state index < -0.39 is 0 Å². The van der Waals surface area contributed by atoms with Crippen molar-refractivity contribution in [2.45, 2.75) is 51.6 Å². The molecule has 0 unspecified atom stereocenters. The third-order valence-corrected chi connectivity index (χ3v) is 4.86. The van der Waals surface area contributed by atoms with Crippen LogP contribution in [0.25, 0.3) is 0 Å². The molecule has 4 heteroatoms. The number of rotatable bonds is 7. The SMILES string of the molecule is CCN(CC(=O)N(C)Cc1ccccc1OC)C1CCCCC1. The van der Waals surface area contributed by atoms with Crippen molar-refractivity contribution in [2.75, 3.05) is 27.2 Å². The van der Waals surface area contributed by atoms with Crippen molar-refractivity contribution in [3.05, 3.63) is 29.8 Å². The lowest BCUT2D eigenvalue weighted by molar-refractivity contribution is -0.132. The van der Waals surface area contributed by atoms with E-state index >= 15 is 0 Å². The van der Waals surface area contributed by atoms with Gasteiger partial charge in [-0.25, -0.2) is 0 Å². The van der Waals surface area contributed by atoms with Crippen LogP contribution in [0.15, 0.2) is 24.3 Å². The standard InChI is InChI=1S/C19H30N2O2/c1-4-21(17-11-6-5-7-12-17)15-19(22)20(2)14-16-10-8-9-13-18(16)23-3/h8-10,13,17H,4-7,11-12,14-15H2,1-3H3. The molecule has 0 spiro atoms. The molecule has 0 aliphatic heterocycles. The number of likely N-dealkylation sites (N-methyl/N-ethyl adjacent to an activating group) is 2. The summed E-state index contributed by atoms with van der Waals surface area (Å²) < 4.78 is 5.38. The van der Waals surface area contributed by atoms with Crippen molar-refractivity contribution in [3.63, 3.8) is 0 Å². The summed E-state index contributed by atoms with van der Waals surface area (Å²) in [6.45, 7) is 4.21. The topological polar surface area (TPSA) is 32.8 Å². The summed E-state index contributed by atoms with van der Waals surface area (Å²) in [4.78, 5) is 16.8. The number of hydrogen-bond donors (Lipinski definition) is 0. The van der Waals surface area contributed by atoms with Gasteiger partial charge in [-0.05, 0) is 25.5 Å². The summed E-state index contributed by atoms with van der Waals surface area (Å²) >= 11 is 0. The van der Waals surface area contributed by atoms with Gasteiger partial charge >= 0.3 is 0 Å². The number of carbonyl (C=O) groups excluding carboxylic acids is 1. The maximum absolute atomic E-state index is 12.6. The lowest BCUT2D eigenvalue weighted by Crippen LogP contribution is -2.44. The normalized spacial score (nSPS) is 15.7. The third kappa shape index (κ3) is 4.96. The molecule has 0 bridgehead atoms. The van der Waals surface area contributed by atoms with Crippen molar-refractivity contribution in [1.82, 2.24) is 9.80 Å². The fourth-order valence-electron chi connectivity index (χ4n) is 3.42. The van der Waals surface area contributed by atoms with Crippen molar-refractivity contribution >= 4 is 5.91 Å². The highest BCUT2D eigenvalue weighted by molar-refractivity contribution is 5.78. The van der Waals surface area contributed by atoms with E-state index in [9.17, 15) is 4.79 Å². The molecule has 0 saturated heterocycles. The molecule has 1 aromatic carbocycles. The quantitative estimate of drug-likeness (QED) is 0.773. The maximum atomic E-state index is 12.6. The molecule has 1 aromatic rings. The molecule has 0 radical (unpaired) electrons. The zero-order chi connectivity index (χ0) is 16.7. The Morgan fingerprint density at radius 1 is 1.22 bits per heavy atom. The van der Waals surface area contributed by atoms with E-state index in [1.165, 1.54) is 32.1 Å². The average molecular weight is 318 g/mol. The average Bonchev–Trinajstić information content (AvgIpc) is 2.60. The van der Waals surface area contributed by atoms with Gasteiger partial charge in [0.05, 0.1) is 13.7 Å². The summed E-state index contributed by atoms with van der Waals surface area (Å²) in [6, 6.07) is 8.47. The minimum atomic E-state index is 0.184. The van der Waals surface area contributed by atoms with Gasteiger partial charge in [0.15, 0.2) is 0 Å². The van der Waals surface area contributed by atoms with Gasteiger partial charge in [0, 0.05) is 25.2 Å². The number of amides is 1. The summed E-state index contributed by atoms with van der Waals surface area (Å²) in [5, 5.41) is 0. The summed E-state index contributed by atoms with van der Waals surface area (Å²) in [7, 11) is 3.55. The Labute approximate surface area is 140 Å². The fraction of sp³-hybridized carbons (Fsp3) is 0.632. The molecule has 1 aliphatic carbocycles. The first-order chi connectivity index (χ1) is 11.2. The monoisotopic (exact) mass is 318 g/mol. The van der Waals surface area contributed by atoms with Crippen LogP contribution in [-0.2, 0) is 11.3 Å². The predicted octanol–water partition coefficient (Wildman–Crippen LogP) is 3.31. The van der Waals surface area contributed by atoms with Gasteiger partial charge in [-0.2, -0.15) is 0 Å². The first-order valence-corrected chi connectivity index (χ1v) is 8.75. The molecule has 23 heavy (non-hydrogen) atoms. The number of nitrogens with zero attached hydrogens (tertiary/aromatic N) is 2. The molecule has 1 aliphatic rings. The van der Waals surface area contributed by atoms with Gasteiger partial charge in [0.2, 0.25) is 5.91 Å².